The average molecular weight is 298 g/mol. The van der Waals surface area contributed by atoms with Crippen molar-refractivity contribution in [1.82, 2.24) is 9.80 Å². The highest BCUT2D eigenvalue weighted by molar-refractivity contribution is 5.79. The minimum Gasteiger partial charge on any atom is -0.481 e. The molecule has 1 N–H and O–H groups in total. The van der Waals surface area contributed by atoms with E-state index >= 15 is 0 Å². The zero-order valence-electron chi connectivity index (χ0n) is 12.4. The first-order valence-electron chi connectivity index (χ1n) is 7.28. The number of urea groups is 1. The van der Waals surface area contributed by atoms with Gasteiger partial charge in [0.1, 0.15) is 0 Å². The summed E-state index contributed by atoms with van der Waals surface area (Å²) in [6, 6.07) is -0.167. The summed E-state index contributed by atoms with van der Waals surface area (Å²) in [5, 5.41) is 9.13. The summed E-state index contributed by atoms with van der Waals surface area (Å²) in [6.45, 7) is 3.51. The van der Waals surface area contributed by atoms with Gasteiger partial charge in [0.25, 0.3) is 0 Å². The van der Waals surface area contributed by atoms with Gasteiger partial charge in [-0.2, -0.15) is 0 Å². The summed E-state index contributed by atoms with van der Waals surface area (Å²) < 4.78 is 4.74. The largest absolute Gasteiger partial charge is 0.481 e. The van der Waals surface area contributed by atoms with E-state index in [1.807, 2.05) is 6.92 Å². The second kappa shape index (κ2) is 6.32. The molecule has 1 unspecified atom stereocenters. The molecule has 0 aromatic carbocycles. The Morgan fingerprint density at radius 2 is 1.86 bits per heavy atom. The number of amides is 2. The van der Waals surface area contributed by atoms with Crippen LogP contribution in [0.5, 0.6) is 0 Å². The van der Waals surface area contributed by atoms with Gasteiger partial charge in [-0.25, -0.2) is 4.79 Å². The number of aliphatic carboxylic acids is 1. The maximum atomic E-state index is 12.5. The molecule has 0 bridgehead atoms. The molecule has 118 valence electrons. The van der Waals surface area contributed by atoms with Crippen molar-refractivity contribution in [2.75, 3.05) is 33.3 Å². The lowest BCUT2D eigenvalue weighted by atomic mass is 9.98. The number of hydrogen-bond acceptors (Lipinski definition) is 4. The topological polar surface area (TPSA) is 87.2 Å². The highest BCUT2D eigenvalue weighted by Gasteiger charge is 2.39. The lowest BCUT2D eigenvalue weighted by molar-refractivity contribution is -0.147. The van der Waals surface area contributed by atoms with Gasteiger partial charge in [-0.05, 0) is 18.8 Å². The number of piperidine rings is 1. The second-order valence-electron chi connectivity index (χ2n) is 5.92. The van der Waals surface area contributed by atoms with E-state index in [1.54, 1.807) is 9.80 Å². The van der Waals surface area contributed by atoms with Gasteiger partial charge in [0.05, 0.1) is 18.9 Å². The molecule has 0 aromatic rings. The first kappa shape index (κ1) is 15.6. The van der Waals surface area contributed by atoms with Crippen molar-refractivity contribution in [3.63, 3.8) is 0 Å². The van der Waals surface area contributed by atoms with Crippen LogP contribution in [0, 0.1) is 17.8 Å². The van der Waals surface area contributed by atoms with Gasteiger partial charge in [0.2, 0.25) is 0 Å². The van der Waals surface area contributed by atoms with Crippen LogP contribution in [0.25, 0.3) is 0 Å². The van der Waals surface area contributed by atoms with Crippen molar-refractivity contribution in [3.05, 3.63) is 0 Å². The first-order valence-corrected chi connectivity index (χ1v) is 7.28. The van der Waals surface area contributed by atoms with Crippen molar-refractivity contribution in [2.45, 2.75) is 19.8 Å². The molecule has 2 aliphatic rings. The minimum atomic E-state index is -0.858. The Morgan fingerprint density at radius 1 is 1.14 bits per heavy atom. The average Bonchev–Trinajstić information content (AvgIpc) is 2.88. The lowest BCUT2D eigenvalue weighted by Gasteiger charge is -2.34. The van der Waals surface area contributed by atoms with Crippen LogP contribution in [0.2, 0.25) is 0 Å². The van der Waals surface area contributed by atoms with Gasteiger partial charge < -0.3 is 19.6 Å². The zero-order chi connectivity index (χ0) is 15.6. The van der Waals surface area contributed by atoms with Crippen LogP contribution >= 0.6 is 0 Å². The fraction of sp³-hybridized carbons (Fsp3) is 0.786. The highest BCUT2D eigenvalue weighted by atomic mass is 16.5. The number of carboxylic acids is 1. The number of methoxy groups -OCH3 is 1. The Labute approximate surface area is 123 Å². The van der Waals surface area contributed by atoms with Crippen LogP contribution in [-0.4, -0.2) is 66.2 Å². The summed E-state index contributed by atoms with van der Waals surface area (Å²) in [6.07, 6.45) is 1.49. The number of carboxylic acid groups (broad SMARTS) is 1. The van der Waals surface area contributed by atoms with Gasteiger partial charge in [-0.15, -0.1) is 0 Å². The highest BCUT2D eigenvalue weighted by Crippen LogP contribution is 2.26. The summed E-state index contributed by atoms with van der Waals surface area (Å²) >= 11 is 0. The Balaban J connectivity index is 1.97. The third-order valence-electron chi connectivity index (χ3n) is 4.43. The fourth-order valence-electron chi connectivity index (χ4n) is 3.15. The van der Waals surface area contributed by atoms with Crippen molar-refractivity contribution in [1.29, 1.82) is 0 Å². The number of nitrogens with zero attached hydrogens (tertiary/aromatic N) is 2. The van der Waals surface area contributed by atoms with Crippen LogP contribution in [0.15, 0.2) is 0 Å². The number of hydrogen-bond donors (Lipinski definition) is 1. The third-order valence-corrected chi connectivity index (χ3v) is 4.43. The number of carbonyl (C=O) groups is 3. The van der Waals surface area contributed by atoms with Gasteiger partial charge in [-0.3, -0.25) is 9.59 Å². The Morgan fingerprint density at radius 3 is 2.43 bits per heavy atom. The monoisotopic (exact) mass is 298 g/mol. The van der Waals surface area contributed by atoms with E-state index in [1.165, 1.54) is 7.11 Å². The Hall–Kier alpha value is -1.79. The quantitative estimate of drug-likeness (QED) is 0.756. The smallest absolute Gasteiger partial charge is 0.320 e. The van der Waals surface area contributed by atoms with E-state index in [4.69, 9.17) is 9.84 Å². The molecule has 0 aromatic heterocycles. The molecule has 3 atom stereocenters. The number of rotatable bonds is 2. The molecule has 0 saturated carbocycles. The number of likely N-dealkylation sites (tertiary alicyclic amines) is 2. The fourth-order valence-corrected chi connectivity index (χ4v) is 3.15. The molecule has 21 heavy (non-hydrogen) atoms. The van der Waals surface area contributed by atoms with Gasteiger partial charge >= 0.3 is 18.0 Å². The molecule has 2 aliphatic heterocycles. The SMILES string of the molecule is COC(=O)C1CCCN(C(=O)N2C[C@@H](C)[C@H](C(=O)O)C2)C1. The lowest BCUT2D eigenvalue weighted by Crippen LogP contribution is -2.48. The molecule has 2 rings (SSSR count). The standard InChI is InChI=1S/C14H22N2O5/c1-9-6-16(8-11(9)12(17)18)14(20)15-5-3-4-10(7-15)13(19)21-2/h9-11H,3-8H2,1-2H3,(H,17,18)/t9-,10?,11-/m1/s1. The van der Waals surface area contributed by atoms with Crippen LogP contribution in [0.1, 0.15) is 19.8 Å². The number of ether oxygens (including phenoxy) is 1. The Bertz CT molecular complexity index is 439. The van der Waals surface area contributed by atoms with Gasteiger partial charge in [0, 0.05) is 26.2 Å². The molecule has 0 spiro atoms. The van der Waals surface area contributed by atoms with E-state index in [0.29, 0.717) is 19.6 Å². The van der Waals surface area contributed by atoms with E-state index in [0.717, 1.165) is 12.8 Å². The summed E-state index contributed by atoms with van der Waals surface area (Å²) in [4.78, 5) is 38.4. The van der Waals surface area contributed by atoms with E-state index in [9.17, 15) is 14.4 Å². The molecule has 2 heterocycles. The van der Waals surface area contributed by atoms with Gasteiger partial charge in [0.15, 0.2) is 0 Å². The van der Waals surface area contributed by atoms with Crippen LogP contribution in [-0.2, 0) is 14.3 Å². The van der Waals surface area contributed by atoms with Gasteiger partial charge in [-0.1, -0.05) is 6.92 Å². The van der Waals surface area contributed by atoms with Crippen LogP contribution in [0.3, 0.4) is 0 Å². The third kappa shape index (κ3) is 3.28. The number of esters is 1. The van der Waals surface area contributed by atoms with Crippen molar-refractivity contribution < 1.29 is 24.2 Å². The summed E-state index contributed by atoms with van der Waals surface area (Å²) in [5.74, 6) is -1.97. The van der Waals surface area contributed by atoms with E-state index < -0.39 is 11.9 Å². The van der Waals surface area contributed by atoms with Crippen molar-refractivity contribution in [2.24, 2.45) is 17.8 Å². The van der Waals surface area contributed by atoms with E-state index in [-0.39, 0.29) is 30.4 Å². The zero-order valence-corrected chi connectivity index (χ0v) is 12.4. The predicted molar refractivity (Wildman–Crippen MR) is 73.6 cm³/mol. The number of carbonyl (C=O) groups excluding carboxylic acids is 2. The molecule has 0 aliphatic carbocycles. The van der Waals surface area contributed by atoms with E-state index in [2.05, 4.69) is 0 Å². The molecular formula is C14H22N2O5. The normalized spacial score (nSPS) is 29.3. The van der Waals surface area contributed by atoms with Crippen molar-refractivity contribution >= 4 is 18.0 Å². The maximum Gasteiger partial charge on any atom is 0.320 e. The molecule has 7 heteroatoms. The summed E-state index contributed by atoms with van der Waals surface area (Å²) in [5.41, 5.74) is 0. The minimum absolute atomic E-state index is 0.0485. The maximum absolute atomic E-state index is 12.5. The molecule has 2 saturated heterocycles. The summed E-state index contributed by atoms with van der Waals surface area (Å²) in [7, 11) is 1.35. The van der Waals surface area contributed by atoms with Crippen LogP contribution < -0.4 is 0 Å². The van der Waals surface area contributed by atoms with Crippen molar-refractivity contribution in [3.8, 4) is 0 Å². The molecule has 7 nitrogen and oxygen atoms in total. The second-order valence-corrected chi connectivity index (χ2v) is 5.92. The van der Waals surface area contributed by atoms with Crippen LogP contribution in [0.4, 0.5) is 4.79 Å². The molecule has 0 radical (unpaired) electrons. The molecule has 2 amide bonds. The first-order chi connectivity index (χ1) is 9.93. The Kier molecular flexibility index (Phi) is 4.69. The molecule has 2 fully saturated rings. The molecular weight excluding hydrogens is 276 g/mol. The predicted octanol–water partition coefficient (Wildman–Crippen LogP) is 0.644.